The van der Waals surface area contributed by atoms with Crippen LogP contribution >= 0.6 is 18.8 Å². The Morgan fingerprint density at radius 3 is 1.47 bits per heavy atom. The van der Waals surface area contributed by atoms with Crippen molar-refractivity contribution in [3.05, 3.63) is 253 Å². The van der Waals surface area contributed by atoms with Crippen LogP contribution in [0.2, 0.25) is 0 Å². The summed E-state index contributed by atoms with van der Waals surface area (Å²) in [6.45, 7) is 0. The standard InChI is InChI=1S/C25H15F5N6.C25H13F5N6.C7H5N.2ClH.3Pt/c2*26-20-13-12-17(24(27)32-20)18-8-4-10-22(31-18)36(16-6-2-1-3-7-16)23-11-5-9-21(33-23)35-15-14-19(34-35)25(28,29)30;8-6-7-4-2-1-3-5-7;;;;;/h1-15H;1-11,13-14H;1-5H;2*1H;;;/q;-2;;;;;2*+2/p-2. The number of rotatable bonds is 10. The van der Waals surface area contributed by atoms with Crippen LogP contribution in [-0.4, -0.2) is 49.5 Å². The van der Waals surface area contributed by atoms with Crippen LogP contribution in [0.15, 0.2) is 200 Å². The molecule has 85 heavy (non-hydrogen) atoms. The van der Waals surface area contributed by atoms with E-state index >= 15 is 0 Å². The van der Waals surface area contributed by atoms with Crippen molar-refractivity contribution in [2.45, 2.75) is 12.4 Å². The topological polar surface area (TPSA) is 143 Å². The first-order chi connectivity index (χ1) is 39.9. The van der Waals surface area contributed by atoms with Crippen molar-refractivity contribution < 1.29 is 103 Å². The fraction of sp³-hybridized carbons (Fsp3) is 0.0351. The first-order valence-electron chi connectivity index (χ1n) is 23.5. The zero-order valence-electron chi connectivity index (χ0n) is 42.4. The maximum atomic E-state index is 14.3. The molecule has 8 heterocycles. The second-order valence-corrected chi connectivity index (χ2v) is 19.7. The molecule has 0 saturated carbocycles. The number of pyridine rings is 6. The van der Waals surface area contributed by atoms with E-state index in [-0.39, 0.29) is 76.3 Å². The molecule has 0 aliphatic carbocycles. The SMILES string of the molecule is Fc1c[c-]c(-c2cccc(N(c3ccccc3)c3cccc(-n4[c-]cc(C(F)(F)F)n4)n3)n2)c(F)n1.Fc1ccc(-c2cccc(N(c3ccccc3)c3cccc(-n4ccc(C(F)(F)F)n4)n3)n2)c(F)n1.N#Cc1ccccc1.[Cl][Pt][Cl].[Pt+2].[Pt]. The van der Waals surface area contributed by atoms with E-state index in [0.29, 0.717) is 40.2 Å². The van der Waals surface area contributed by atoms with Crippen molar-refractivity contribution >= 4 is 53.5 Å². The summed E-state index contributed by atoms with van der Waals surface area (Å²) in [6.07, 6.45) is -5.62. The van der Waals surface area contributed by atoms with E-state index in [1.54, 1.807) is 131 Å². The molecule has 13 nitrogen and oxygen atoms in total. The van der Waals surface area contributed by atoms with Gasteiger partial charge in [0.2, 0.25) is 11.9 Å². The zero-order valence-corrected chi connectivity index (χ0v) is 50.7. The average molecular weight is 1750 g/mol. The van der Waals surface area contributed by atoms with E-state index in [1.165, 1.54) is 30.5 Å². The number of hydrogen-bond donors (Lipinski definition) is 0. The van der Waals surface area contributed by atoms with Crippen molar-refractivity contribution in [2.75, 3.05) is 9.80 Å². The third-order valence-corrected chi connectivity index (χ3v) is 11.0. The van der Waals surface area contributed by atoms with Crippen LogP contribution in [0.4, 0.5) is 78.6 Å². The predicted octanol–water partition coefficient (Wildman–Crippen LogP) is 15.5. The number of nitrogens with zero attached hydrogens (tertiary/aromatic N) is 13. The van der Waals surface area contributed by atoms with Gasteiger partial charge < -0.3 is 4.68 Å². The minimum atomic E-state index is -4.62. The maximum absolute atomic E-state index is 14.3. The van der Waals surface area contributed by atoms with Crippen LogP contribution in [0.1, 0.15) is 17.0 Å². The Balaban J connectivity index is 0.000000226. The van der Waals surface area contributed by atoms with Crippen molar-refractivity contribution in [3.8, 4) is 40.2 Å². The minimum Gasteiger partial charge on any atom is 0 e. The summed E-state index contributed by atoms with van der Waals surface area (Å²) in [5.41, 5.74) is 0.0562. The second kappa shape index (κ2) is 30.7. The van der Waals surface area contributed by atoms with E-state index in [2.05, 4.69) is 52.4 Å². The van der Waals surface area contributed by atoms with Gasteiger partial charge in [-0.1, -0.05) is 109 Å². The normalized spacial score (nSPS) is 10.7. The van der Waals surface area contributed by atoms with Crippen LogP contribution in [0.3, 0.4) is 0 Å². The fourth-order valence-corrected chi connectivity index (χ4v) is 7.44. The van der Waals surface area contributed by atoms with Gasteiger partial charge in [0.1, 0.15) is 35.2 Å². The van der Waals surface area contributed by atoms with E-state index < -0.39 is 64.0 Å². The van der Waals surface area contributed by atoms with E-state index in [9.17, 15) is 43.9 Å². The molecule has 3 aromatic carbocycles. The molecule has 11 aromatic rings. The van der Waals surface area contributed by atoms with Crippen LogP contribution < -0.4 is 9.80 Å². The summed E-state index contributed by atoms with van der Waals surface area (Å²) in [4.78, 5) is 27.7. The number of nitriles is 1. The Hall–Kier alpha value is -7.99. The molecule has 440 valence electrons. The van der Waals surface area contributed by atoms with Crippen molar-refractivity contribution in [2.24, 2.45) is 0 Å². The Morgan fingerprint density at radius 2 is 0.976 bits per heavy atom. The first kappa shape index (κ1) is 66.2. The van der Waals surface area contributed by atoms with Gasteiger partial charge in [-0.25, -0.2) is 23.4 Å². The average Bonchev–Trinajstić information content (AvgIpc) is 4.38. The summed E-state index contributed by atoms with van der Waals surface area (Å²) in [6, 6.07) is 55.5. The van der Waals surface area contributed by atoms with E-state index in [0.717, 1.165) is 33.6 Å². The number of hydrogen-bond acceptors (Lipinski definition) is 11. The van der Waals surface area contributed by atoms with Gasteiger partial charge in [0.05, 0.1) is 34.4 Å². The van der Waals surface area contributed by atoms with Gasteiger partial charge in [-0.15, -0.1) is 12.1 Å². The van der Waals surface area contributed by atoms with E-state index in [4.69, 9.17) is 24.1 Å². The van der Waals surface area contributed by atoms with Gasteiger partial charge in [-0.05, 0) is 96.7 Å². The van der Waals surface area contributed by atoms with Gasteiger partial charge >= 0.3 is 68.7 Å². The number of benzene rings is 3. The van der Waals surface area contributed by atoms with Crippen LogP contribution in [0, 0.1) is 47.4 Å². The molecule has 0 unspecified atom stereocenters. The third kappa shape index (κ3) is 17.6. The summed E-state index contributed by atoms with van der Waals surface area (Å²) in [7, 11) is 9.75. The summed E-state index contributed by atoms with van der Waals surface area (Å²) < 4.78 is 135. The summed E-state index contributed by atoms with van der Waals surface area (Å²) >= 11 is -0.472. The second-order valence-electron chi connectivity index (χ2n) is 16.4. The zero-order chi connectivity index (χ0) is 59.1. The Morgan fingerprint density at radius 1 is 0.494 bits per heavy atom. The molecular weight excluding hydrogens is 1710 g/mol. The Labute approximate surface area is 522 Å². The molecule has 0 radical (unpaired) electrons. The number of para-hydroxylation sites is 2. The summed E-state index contributed by atoms with van der Waals surface area (Å²) in [5, 5.41) is 15.4. The monoisotopic (exact) mass is 1740 g/mol. The molecule has 11 rings (SSSR count). The number of alkyl halides is 6. The largest absolute Gasteiger partial charge is 2.00 e. The number of anilines is 6. The van der Waals surface area contributed by atoms with Gasteiger partial charge in [0, 0.05) is 38.6 Å². The van der Waals surface area contributed by atoms with Crippen molar-refractivity contribution in [3.63, 3.8) is 0 Å². The molecule has 0 N–H and O–H groups in total. The quantitative estimate of drug-likeness (QED) is 0.0733. The first-order valence-corrected chi connectivity index (χ1v) is 29.2. The van der Waals surface area contributed by atoms with Crippen molar-refractivity contribution in [1.82, 2.24) is 49.5 Å². The summed E-state index contributed by atoms with van der Waals surface area (Å²) in [5.74, 6) is -2.55. The Bertz CT molecular complexity index is 3750. The molecule has 0 fully saturated rings. The molecule has 0 bridgehead atoms. The molecule has 0 aliphatic heterocycles. The van der Waals surface area contributed by atoms with Crippen LogP contribution in [-0.2, 0) is 71.0 Å². The van der Waals surface area contributed by atoms with Gasteiger partial charge in [0.15, 0.2) is 11.5 Å². The molecule has 0 amide bonds. The minimum absolute atomic E-state index is 0. The molecular formula is C57H33Cl2F10N13Pt3. The molecule has 0 aliphatic rings. The molecule has 0 saturated heterocycles. The number of halogens is 12. The van der Waals surface area contributed by atoms with E-state index in [1.807, 2.05) is 30.3 Å². The predicted molar refractivity (Wildman–Crippen MR) is 285 cm³/mol. The molecule has 28 heteroatoms. The third-order valence-electron chi connectivity index (χ3n) is 11.0. The maximum Gasteiger partial charge on any atom is 2.00 e. The van der Waals surface area contributed by atoms with Gasteiger partial charge in [0.25, 0.3) is 0 Å². The number of aromatic nitrogens is 10. The Kier molecular flexibility index (Phi) is 23.9. The van der Waals surface area contributed by atoms with Crippen LogP contribution in [0.5, 0.6) is 0 Å². The van der Waals surface area contributed by atoms with Crippen LogP contribution in [0.25, 0.3) is 34.2 Å². The molecule has 0 spiro atoms. The molecule has 8 aromatic heterocycles. The smallest absolute Gasteiger partial charge is 0 e. The van der Waals surface area contributed by atoms with Gasteiger partial charge in [-0.3, -0.25) is 29.9 Å². The molecule has 0 atom stereocenters. The van der Waals surface area contributed by atoms with Gasteiger partial charge in [-0.2, -0.15) is 50.5 Å². The fourth-order valence-electron chi connectivity index (χ4n) is 7.44. The van der Waals surface area contributed by atoms with Crippen molar-refractivity contribution in [1.29, 1.82) is 5.26 Å².